The number of nitrogens with zero attached hydrogens (tertiary/aromatic N) is 1. The van der Waals surface area contributed by atoms with E-state index in [-0.39, 0.29) is 29.9 Å². The summed E-state index contributed by atoms with van der Waals surface area (Å²) in [4.78, 5) is 14.4. The molecule has 2 unspecified atom stereocenters. The zero-order chi connectivity index (χ0) is 16.8. The largest absolute Gasteiger partial charge is 0.433 e. The van der Waals surface area contributed by atoms with Crippen molar-refractivity contribution in [3.05, 3.63) is 24.3 Å². The van der Waals surface area contributed by atoms with E-state index in [0.29, 0.717) is 6.54 Å². The van der Waals surface area contributed by atoms with Gasteiger partial charge in [-0.15, -0.1) is 0 Å². The van der Waals surface area contributed by atoms with Crippen LogP contribution in [0, 0.1) is 5.92 Å². The van der Waals surface area contributed by atoms with Gasteiger partial charge in [-0.2, -0.15) is 8.78 Å². The molecule has 0 bridgehead atoms. The summed E-state index contributed by atoms with van der Waals surface area (Å²) in [7, 11) is 0. The van der Waals surface area contributed by atoms with E-state index in [4.69, 9.17) is 0 Å². The number of anilines is 1. The molecule has 1 amide bonds. The van der Waals surface area contributed by atoms with E-state index in [1.165, 1.54) is 12.1 Å². The van der Waals surface area contributed by atoms with Crippen LogP contribution in [0.15, 0.2) is 24.3 Å². The number of hydrogen-bond acceptors (Lipinski definition) is 4. The average molecular weight is 328 g/mol. The van der Waals surface area contributed by atoms with Crippen molar-refractivity contribution in [3.8, 4) is 5.75 Å². The van der Waals surface area contributed by atoms with Crippen molar-refractivity contribution in [3.63, 3.8) is 0 Å². The van der Waals surface area contributed by atoms with E-state index in [0.717, 1.165) is 19.4 Å². The Morgan fingerprint density at radius 2 is 2.22 bits per heavy atom. The van der Waals surface area contributed by atoms with Crippen molar-refractivity contribution >= 4 is 11.6 Å². The van der Waals surface area contributed by atoms with Crippen LogP contribution >= 0.6 is 0 Å². The molecule has 5 nitrogen and oxygen atoms in total. The molecular formula is C16H22F2N2O3. The zero-order valence-corrected chi connectivity index (χ0v) is 13.0. The fraction of sp³-hybridized carbons (Fsp3) is 0.562. The second-order valence-electron chi connectivity index (χ2n) is 5.73. The third kappa shape index (κ3) is 4.87. The standard InChI is InChI=1S/C16H22F2N2O3/c1-11(20-8-4-5-12(9-20)10-21)15(22)19-13-6-2-3-7-14(13)23-16(17)18/h2-3,6-7,11-12,16,21H,4-5,8-10H2,1H3,(H,19,22). The van der Waals surface area contributed by atoms with Crippen molar-refractivity contribution in [1.29, 1.82) is 0 Å². The second kappa shape index (κ2) is 8.21. The van der Waals surface area contributed by atoms with Crippen molar-refractivity contribution in [2.24, 2.45) is 5.92 Å². The molecule has 0 aromatic heterocycles. The van der Waals surface area contributed by atoms with Crippen LogP contribution in [0.4, 0.5) is 14.5 Å². The highest BCUT2D eigenvalue weighted by atomic mass is 19.3. The number of hydrogen-bond donors (Lipinski definition) is 2. The third-order valence-electron chi connectivity index (χ3n) is 4.10. The summed E-state index contributed by atoms with van der Waals surface area (Å²) in [6.45, 7) is 0.361. The van der Waals surface area contributed by atoms with E-state index in [2.05, 4.69) is 10.1 Å². The Morgan fingerprint density at radius 3 is 2.91 bits per heavy atom. The van der Waals surface area contributed by atoms with Gasteiger partial charge < -0.3 is 15.2 Å². The SMILES string of the molecule is CC(C(=O)Nc1ccccc1OC(F)F)N1CCCC(CO)C1. The lowest BCUT2D eigenvalue weighted by molar-refractivity contribution is -0.121. The number of carbonyl (C=O) groups is 1. The lowest BCUT2D eigenvalue weighted by atomic mass is 9.97. The first-order chi connectivity index (χ1) is 11.0. The molecule has 7 heteroatoms. The molecule has 1 saturated heterocycles. The molecular weight excluding hydrogens is 306 g/mol. The topological polar surface area (TPSA) is 61.8 Å². The minimum atomic E-state index is -2.95. The van der Waals surface area contributed by atoms with Crippen LogP contribution < -0.4 is 10.1 Å². The highest BCUT2D eigenvalue weighted by molar-refractivity contribution is 5.95. The number of nitrogens with one attached hydrogen (secondary N) is 1. The Bertz CT molecular complexity index is 528. The molecule has 1 aromatic rings. The van der Waals surface area contributed by atoms with Gasteiger partial charge >= 0.3 is 6.61 Å². The molecule has 2 atom stereocenters. The van der Waals surface area contributed by atoms with Crippen molar-refractivity contribution in [2.75, 3.05) is 25.0 Å². The van der Waals surface area contributed by atoms with Crippen molar-refractivity contribution in [1.82, 2.24) is 4.90 Å². The minimum Gasteiger partial charge on any atom is -0.433 e. The third-order valence-corrected chi connectivity index (χ3v) is 4.10. The number of carbonyl (C=O) groups excluding carboxylic acids is 1. The van der Waals surface area contributed by atoms with Crippen LogP contribution in [0.3, 0.4) is 0 Å². The molecule has 0 spiro atoms. The summed E-state index contributed by atoms with van der Waals surface area (Å²) in [6, 6.07) is 5.70. The number of ether oxygens (including phenoxy) is 1. The van der Waals surface area contributed by atoms with Crippen LogP contribution in [-0.2, 0) is 4.79 Å². The highest BCUT2D eigenvalue weighted by Crippen LogP contribution is 2.26. The fourth-order valence-corrected chi connectivity index (χ4v) is 2.77. The molecule has 1 heterocycles. The maximum Gasteiger partial charge on any atom is 0.387 e. The molecule has 1 aromatic carbocycles. The molecule has 0 aliphatic carbocycles. The van der Waals surface area contributed by atoms with E-state index in [1.807, 2.05) is 4.90 Å². The van der Waals surface area contributed by atoms with Gasteiger partial charge in [-0.1, -0.05) is 12.1 Å². The number of amides is 1. The number of benzene rings is 1. The van der Waals surface area contributed by atoms with Gasteiger partial charge in [-0.3, -0.25) is 9.69 Å². The van der Waals surface area contributed by atoms with Gasteiger partial charge in [-0.05, 0) is 44.4 Å². The Hall–Kier alpha value is -1.73. The molecule has 128 valence electrons. The summed E-state index contributed by atoms with van der Waals surface area (Å²) < 4.78 is 29.2. The van der Waals surface area contributed by atoms with Crippen LogP contribution in [-0.4, -0.2) is 48.3 Å². The van der Waals surface area contributed by atoms with Gasteiger partial charge in [0.1, 0.15) is 5.75 Å². The molecule has 23 heavy (non-hydrogen) atoms. The smallest absolute Gasteiger partial charge is 0.387 e. The molecule has 1 fully saturated rings. The number of piperidine rings is 1. The van der Waals surface area contributed by atoms with E-state index < -0.39 is 12.7 Å². The normalized spacial score (nSPS) is 20.3. The first kappa shape index (κ1) is 17.6. The number of rotatable bonds is 6. The van der Waals surface area contributed by atoms with E-state index in [1.54, 1.807) is 19.1 Å². The Kier molecular flexibility index (Phi) is 6.29. The molecule has 1 aliphatic heterocycles. The predicted octanol–water partition coefficient (Wildman–Crippen LogP) is 2.32. The maximum absolute atomic E-state index is 12.4. The zero-order valence-electron chi connectivity index (χ0n) is 13.0. The van der Waals surface area contributed by atoms with E-state index in [9.17, 15) is 18.7 Å². The van der Waals surface area contributed by atoms with Crippen molar-refractivity contribution < 1.29 is 23.4 Å². The maximum atomic E-state index is 12.4. The number of para-hydroxylation sites is 2. The Balaban J connectivity index is 2.01. The minimum absolute atomic E-state index is 0.0603. The summed E-state index contributed by atoms with van der Waals surface area (Å²) in [5.74, 6) is -0.169. The average Bonchev–Trinajstić information content (AvgIpc) is 2.55. The quantitative estimate of drug-likeness (QED) is 0.841. The predicted molar refractivity (Wildman–Crippen MR) is 82.5 cm³/mol. The van der Waals surface area contributed by atoms with Crippen LogP contribution in [0.1, 0.15) is 19.8 Å². The molecule has 2 rings (SSSR count). The molecule has 2 N–H and O–H groups in total. The van der Waals surface area contributed by atoms with Gasteiger partial charge in [0.2, 0.25) is 5.91 Å². The highest BCUT2D eigenvalue weighted by Gasteiger charge is 2.27. The summed E-state index contributed by atoms with van der Waals surface area (Å²) >= 11 is 0. The Morgan fingerprint density at radius 1 is 1.48 bits per heavy atom. The number of aliphatic hydroxyl groups is 1. The second-order valence-corrected chi connectivity index (χ2v) is 5.73. The van der Waals surface area contributed by atoms with Crippen LogP contribution in [0.5, 0.6) is 5.75 Å². The molecule has 1 aliphatic rings. The summed E-state index contributed by atoms with van der Waals surface area (Å²) in [6.07, 6.45) is 1.88. The molecule has 0 radical (unpaired) electrons. The Labute approximate surface area is 134 Å². The monoisotopic (exact) mass is 328 g/mol. The summed E-state index contributed by atoms with van der Waals surface area (Å²) in [5, 5.41) is 11.9. The lowest BCUT2D eigenvalue weighted by Crippen LogP contribution is -2.47. The molecule has 0 saturated carbocycles. The first-order valence-electron chi connectivity index (χ1n) is 7.71. The van der Waals surface area contributed by atoms with Gasteiger partial charge in [0.25, 0.3) is 0 Å². The van der Waals surface area contributed by atoms with Gasteiger partial charge in [0, 0.05) is 13.2 Å². The fourth-order valence-electron chi connectivity index (χ4n) is 2.77. The van der Waals surface area contributed by atoms with Gasteiger partial charge in [0.05, 0.1) is 11.7 Å². The van der Waals surface area contributed by atoms with E-state index >= 15 is 0 Å². The lowest BCUT2D eigenvalue weighted by Gasteiger charge is -2.35. The van der Waals surface area contributed by atoms with Crippen molar-refractivity contribution in [2.45, 2.75) is 32.4 Å². The number of aliphatic hydroxyl groups excluding tert-OH is 1. The number of alkyl halides is 2. The van der Waals surface area contributed by atoms with Crippen LogP contribution in [0.25, 0.3) is 0 Å². The van der Waals surface area contributed by atoms with Crippen LogP contribution in [0.2, 0.25) is 0 Å². The number of likely N-dealkylation sites (tertiary alicyclic amines) is 1. The number of halogens is 2. The van der Waals surface area contributed by atoms with Gasteiger partial charge in [0.15, 0.2) is 0 Å². The first-order valence-corrected chi connectivity index (χ1v) is 7.71. The van der Waals surface area contributed by atoms with Gasteiger partial charge in [-0.25, -0.2) is 0 Å². The summed E-state index contributed by atoms with van der Waals surface area (Å²) in [5.41, 5.74) is 0.223.